The van der Waals surface area contributed by atoms with Crippen LogP contribution in [0.5, 0.6) is 0 Å². The van der Waals surface area contributed by atoms with E-state index in [1.807, 2.05) is 6.92 Å². The van der Waals surface area contributed by atoms with Crippen LogP contribution in [-0.2, 0) is 9.90 Å². The average Bonchev–Trinajstić information content (AvgIpc) is 2.33. The molecule has 2 atom stereocenters. The lowest BCUT2D eigenvalue weighted by molar-refractivity contribution is -0.154. The van der Waals surface area contributed by atoms with Gasteiger partial charge in [-0.25, -0.2) is 9.90 Å². The molecule has 1 rings (SSSR count). The van der Waals surface area contributed by atoms with Crippen molar-refractivity contribution < 1.29 is 9.90 Å². The van der Waals surface area contributed by atoms with Crippen LogP contribution in [0.1, 0.15) is 40.0 Å². The molecule has 2 nitrogen and oxygen atoms in total. The maximum atomic E-state index is 10.8. The first kappa shape index (κ1) is 9.56. The maximum absolute atomic E-state index is 10.8. The van der Waals surface area contributed by atoms with Crippen molar-refractivity contribution in [2.45, 2.75) is 40.0 Å². The molecule has 0 heterocycles. The van der Waals surface area contributed by atoms with Gasteiger partial charge in [-0.05, 0) is 38.0 Å². The topological polar surface area (TPSA) is 37.0 Å². The highest BCUT2D eigenvalue weighted by atomic mass is 16.4. The summed E-state index contributed by atoms with van der Waals surface area (Å²) in [4.78, 5) is 10.8. The Labute approximate surface area is 74.0 Å². The van der Waals surface area contributed by atoms with Crippen LogP contribution < -0.4 is 0 Å². The number of hydrogen-bond acceptors (Lipinski definition) is 1. The third kappa shape index (κ3) is 1.62. The molecule has 0 aromatic rings. The Bertz CT molecular complexity index is 186. The normalized spacial score (nSPS) is 35.8. The zero-order chi connectivity index (χ0) is 9.35. The van der Waals surface area contributed by atoms with Crippen molar-refractivity contribution >= 4 is 5.97 Å². The van der Waals surface area contributed by atoms with Gasteiger partial charge in [-0.1, -0.05) is 13.8 Å². The van der Waals surface area contributed by atoms with E-state index in [0.717, 1.165) is 19.3 Å². The first-order valence-electron chi connectivity index (χ1n) is 4.67. The lowest BCUT2D eigenvalue weighted by atomic mass is 9.85. The number of carbonyl (C=O) groups is 1. The molecule has 2 unspecified atom stereocenters. The molecular formula is C10H17O2. The minimum Gasteiger partial charge on any atom is -0.247 e. The van der Waals surface area contributed by atoms with E-state index in [-0.39, 0.29) is 0 Å². The third-order valence-corrected chi connectivity index (χ3v) is 3.22. The van der Waals surface area contributed by atoms with E-state index in [1.54, 1.807) is 0 Å². The first-order chi connectivity index (χ1) is 5.46. The molecule has 0 amide bonds. The van der Waals surface area contributed by atoms with Gasteiger partial charge in [0.25, 0.3) is 0 Å². The van der Waals surface area contributed by atoms with Gasteiger partial charge in [0.15, 0.2) is 0 Å². The number of rotatable bonds is 2. The Morgan fingerprint density at radius 1 is 1.50 bits per heavy atom. The molecule has 12 heavy (non-hydrogen) atoms. The fraction of sp³-hybridized carbons (Fsp3) is 0.900. The van der Waals surface area contributed by atoms with Crippen LogP contribution in [0.25, 0.3) is 0 Å². The molecule has 0 aliphatic heterocycles. The highest BCUT2D eigenvalue weighted by Crippen LogP contribution is 2.44. The van der Waals surface area contributed by atoms with Crippen LogP contribution in [-0.4, -0.2) is 5.97 Å². The summed E-state index contributed by atoms with van der Waals surface area (Å²) >= 11 is 0. The van der Waals surface area contributed by atoms with Crippen LogP contribution in [0.15, 0.2) is 0 Å². The monoisotopic (exact) mass is 169 g/mol. The quantitative estimate of drug-likeness (QED) is 0.625. The summed E-state index contributed by atoms with van der Waals surface area (Å²) in [6.45, 7) is 6.13. The largest absolute Gasteiger partial charge is 0.361 e. The minimum absolute atomic E-state index is 0.547. The summed E-state index contributed by atoms with van der Waals surface area (Å²) in [6, 6.07) is 0. The SMILES string of the molecule is CC(C)C1CCC(C)(C([O])=O)C1. The molecule has 0 aromatic carbocycles. The van der Waals surface area contributed by atoms with Gasteiger partial charge >= 0.3 is 5.97 Å². The molecule has 1 fully saturated rings. The van der Waals surface area contributed by atoms with Crippen molar-refractivity contribution in [2.24, 2.45) is 17.3 Å². The van der Waals surface area contributed by atoms with Gasteiger partial charge in [-0.2, -0.15) is 0 Å². The van der Waals surface area contributed by atoms with E-state index in [1.165, 1.54) is 0 Å². The van der Waals surface area contributed by atoms with Gasteiger partial charge < -0.3 is 0 Å². The molecule has 2 heteroatoms. The van der Waals surface area contributed by atoms with Crippen molar-refractivity contribution in [3.63, 3.8) is 0 Å². The van der Waals surface area contributed by atoms with Crippen LogP contribution in [0.2, 0.25) is 0 Å². The fourth-order valence-corrected chi connectivity index (χ4v) is 2.04. The summed E-state index contributed by atoms with van der Waals surface area (Å²) in [5.74, 6) is 0.310. The summed E-state index contributed by atoms with van der Waals surface area (Å²) in [6.07, 6.45) is 2.63. The predicted molar refractivity (Wildman–Crippen MR) is 46.0 cm³/mol. The highest BCUT2D eigenvalue weighted by Gasteiger charge is 2.43. The van der Waals surface area contributed by atoms with E-state index in [0.29, 0.717) is 11.8 Å². The lowest BCUT2D eigenvalue weighted by Crippen LogP contribution is -2.23. The second kappa shape index (κ2) is 3.08. The predicted octanol–water partition coefficient (Wildman–Crippen LogP) is 2.41. The Balaban J connectivity index is 2.61. The van der Waals surface area contributed by atoms with Gasteiger partial charge in [-0.15, -0.1) is 0 Å². The molecule has 0 bridgehead atoms. The third-order valence-electron chi connectivity index (χ3n) is 3.22. The van der Waals surface area contributed by atoms with Crippen LogP contribution in [0.4, 0.5) is 0 Å². The summed E-state index contributed by atoms with van der Waals surface area (Å²) in [5, 5.41) is 10.8. The van der Waals surface area contributed by atoms with Crippen LogP contribution in [0, 0.1) is 17.3 Å². The second-order valence-corrected chi connectivity index (χ2v) is 4.60. The molecule has 0 saturated heterocycles. The molecule has 0 aromatic heterocycles. The van der Waals surface area contributed by atoms with Crippen molar-refractivity contribution in [2.75, 3.05) is 0 Å². The van der Waals surface area contributed by atoms with Gasteiger partial charge in [0.1, 0.15) is 0 Å². The van der Waals surface area contributed by atoms with Crippen LogP contribution in [0.3, 0.4) is 0 Å². The van der Waals surface area contributed by atoms with Gasteiger partial charge in [0.05, 0.1) is 5.41 Å². The molecular weight excluding hydrogens is 152 g/mol. The number of hydrogen-bond donors (Lipinski definition) is 0. The Hall–Kier alpha value is -0.530. The van der Waals surface area contributed by atoms with Crippen molar-refractivity contribution in [1.82, 2.24) is 0 Å². The van der Waals surface area contributed by atoms with Gasteiger partial charge in [0.2, 0.25) is 0 Å². The van der Waals surface area contributed by atoms with E-state index in [2.05, 4.69) is 13.8 Å². The summed E-state index contributed by atoms with van der Waals surface area (Å²) in [7, 11) is 0. The first-order valence-corrected chi connectivity index (χ1v) is 4.67. The molecule has 1 aliphatic carbocycles. The van der Waals surface area contributed by atoms with E-state index < -0.39 is 11.4 Å². The zero-order valence-corrected chi connectivity index (χ0v) is 8.09. The lowest BCUT2D eigenvalue weighted by Gasteiger charge is -2.18. The Kier molecular flexibility index (Phi) is 2.45. The summed E-state index contributed by atoms with van der Waals surface area (Å²) < 4.78 is 0. The maximum Gasteiger partial charge on any atom is 0.361 e. The van der Waals surface area contributed by atoms with Crippen molar-refractivity contribution in [3.8, 4) is 0 Å². The van der Waals surface area contributed by atoms with Crippen molar-refractivity contribution in [1.29, 1.82) is 0 Å². The van der Waals surface area contributed by atoms with E-state index in [9.17, 15) is 9.90 Å². The molecule has 69 valence electrons. The smallest absolute Gasteiger partial charge is 0.247 e. The number of carbonyl (C=O) groups excluding carboxylic acids is 1. The molecule has 1 saturated carbocycles. The molecule has 0 N–H and O–H groups in total. The van der Waals surface area contributed by atoms with E-state index >= 15 is 0 Å². The average molecular weight is 169 g/mol. The second-order valence-electron chi connectivity index (χ2n) is 4.60. The molecule has 1 radical (unpaired) electrons. The standard InChI is InChI=1S/C10H17O2/c1-7(2)8-4-5-10(3,6-8)9(11)12/h7-8H,4-6H2,1-3H3. The fourth-order valence-electron chi connectivity index (χ4n) is 2.04. The summed E-state index contributed by atoms with van der Waals surface area (Å²) in [5.41, 5.74) is -0.547. The van der Waals surface area contributed by atoms with Gasteiger partial charge in [-0.3, -0.25) is 0 Å². The van der Waals surface area contributed by atoms with Crippen LogP contribution >= 0.6 is 0 Å². The highest BCUT2D eigenvalue weighted by molar-refractivity contribution is 5.74. The Morgan fingerprint density at radius 2 is 2.08 bits per heavy atom. The van der Waals surface area contributed by atoms with Crippen molar-refractivity contribution in [3.05, 3.63) is 0 Å². The Morgan fingerprint density at radius 3 is 2.33 bits per heavy atom. The minimum atomic E-state index is -0.870. The zero-order valence-electron chi connectivity index (χ0n) is 8.09. The molecule has 0 spiro atoms. The van der Waals surface area contributed by atoms with Gasteiger partial charge in [0, 0.05) is 0 Å². The van der Waals surface area contributed by atoms with E-state index in [4.69, 9.17) is 0 Å². The molecule has 1 aliphatic rings.